The molecule has 6 heteroatoms. The lowest BCUT2D eigenvalue weighted by Gasteiger charge is -2.37. The Balaban J connectivity index is 1.33. The quantitative estimate of drug-likeness (QED) is 0.861. The number of likely N-dealkylation sites (tertiary alicyclic amines) is 1. The predicted octanol–water partition coefficient (Wildman–Crippen LogP) is 2.05. The molecule has 128 valence electrons. The Hall–Kier alpha value is -1.95. The maximum absolute atomic E-state index is 4.17. The summed E-state index contributed by atoms with van der Waals surface area (Å²) in [6.07, 6.45) is 3.72. The van der Waals surface area contributed by atoms with E-state index in [2.05, 4.69) is 56.5 Å². The van der Waals surface area contributed by atoms with Crippen molar-refractivity contribution in [3.05, 3.63) is 35.7 Å². The van der Waals surface area contributed by atoms with E-state index >= 15 is 0 Å². The second-order valence-corrected chi connectivity index (χ2v) is 7.14. The molecule has 0 aliphatic carbocycles. The molecule has 4 rings (SSSR count). The van der Waals surface area contributed by atoms with E-state index in [0.29, 0.717) is 6.04 Å². The van der Waals surface area contributed by atoms with E-state index in [0.717, 1.165) is 24.8 Å². The highest BCUT2D eigenvalue weighted by molar-refractivity contribution is 5.57. The first-order chi connectivity index (χ1) is 11.7. The van der Waals surface area contributed by atoms with E-state index < -0.39 is 0 Å². The normalized spacial score (nSPS) is 20.3. The monoisotopic (exact) mass is 326 g/mol. The molecule has 6 nitrogen and oxygen atoms in total. The summed E-state index contributed by atoms with van der Waals surface area (Å²) in [7, 11) is 1.92. The molecule has 1 fully saturated rings. The van der Waals surface area contributed by atoms with Gasteiger partial charge in [-0.05, 0) is 67.3 Å². The SMILES string of the molecule is CC(c1nnnn1C)N1CCC(CN2CCc3ccccc32)CC1. The summed E-state index contributed by atoms with van der Waals surface area (Å²) < 4.78 is 1.79. The first-order valence-electron chi connectivity index (χ1n) is 9.01. The van der Waals surface area contributed by atoms with Crippen LogP contribution in [0.2, 0.25) is 0 Å². The van der Waals surface area contributed by atoms with Crippen LogP contribution in [0.25, 0.3) is 0 Å². The molecule has 0 radical (unpaired) electrons. The Morgan fingerprint density at radius 2 is 1.96 bits per heavy atom. The second kappa shape index (κ2) is 6.51. The van der Waals surface area contributed by atoms with Crippen molar-refractivity contribution in [3.63, 3.8) is 0 Å². The van der Waals surface area contributed by atoms with Gasteiger partial charge in [0.2, 0.25) is 0 Å². The molecular formula is C18H26N6. The van der Waals surface area contributed by atoms with Gasteiger partial charge in [-0.15, -0.1) is 5.10 Å². The third-order valence-corrected chi connectivity index (χ3v) is 5.69. The molecule has 0 N–H and O–H groups in total. The molecule has 0 saturated carbocycles. The van der Waals surface area contributed by atoms with Gasteiger partial charge < -0.3 is 4.90 Å². The van der Waals surface area contributed by atoms with Gasteiger partial charge in [0.1, 0.15) is 0 Å². The molecule has 3 heterocycles. The molecule has 0 spiro atoms. The lowest BCUT2D eigenvalue weighted by Crippen LogP contribution is -2.40. The van der Waals surface area contributed by atoms with Gasteiger partial charge in [-0.3, -0.25) is 4.90 Å². The van der Waals surface area contributed by atoms with Gasteiger partial charge in [0.25, 0.3) is 0 Å². The number of piperidine rings is 1. The van der Waals surface area contributed by atoms with E-state index in [1.54, 1.807) is 4.68 Å². The molecule has 2 aliphatic rings. The number of para-hydroxylation sites is 1. The van der Waals surface area contributed by atoms with Crippen molar-refractivity contribution in [2.45, 2.75) is 32.2 Å². The molecule has 0 bridgehead atoms. The Kier molecular flexibility index (Phi) is 4.22. The first kappa shape index (κ1) is 15.6. The van der Waals surface area contributed by atoms with Crippen molar-refractivity contribution < 1.29 is 0 Å². The van der Waals surface area contributed by atoms with Crippen molar-refractivity contribution in [2.24, 2.45) is 13.0 Å². The average Bonchev–Trinajstić information content (AvgIpc) is 3.22. The summed E-state index contributed by atoms with van der Waals surface area (Å²) in [5.41, 5.74) is 2.97. The average molecular weight is 326 g/mol. The van der Waals surface area contributed by atoms with Crippen molar-refractivity contribution in [1.29, 1.82) is 0 Å². The summed E-state index contributed by atoms with van der Waals surface area (Å²) in [5, 5.41) is 11.9. The van der Waals surface area contributed by atoms with Crippen LogP contribution in [0.4, 0.5) is 5.69 Å². The van der Waals surface area contributed by atoms with Crippen LogP contribution in [-0.2, 0) is 13.5 Å². The zero-order valence-corrected chi connectivity index (χ0v) is 14.6. The summed E-state index contributed by atoms with van der Waals surface area (Å²) >= 11 is 0. The summed E-state index contributed by atoms with van der Waals surface area (Å²) in [6.45, 7) is 6.86. The molecule has 2 aromatic rings. The van der Waals surface area contributed by atoms with Crippen molar-refractivity contribution in [2.75, 3.05) is 31.1 Å². The summed E-state index contributed by atoms with van der Waals surface area (Å²) in [4.78, 5) is 5.10. The first-order valence-corrected chi connectivity index (χ1v) is 9.01. The number of nitrogens with zero attached hydrogens (tertiary/aromatic N) is 6. The fourth-order valence-corrected chi connectivity index (χ4v) is 4.18. The fourth-order valence-electron chi connectivity index (χ4n) is 4.18. The number of hydrogen-bond donors (Lipinski definition) is 0. The number of aryl methyl sites for hydroxylation is 1. The van der Waals surface area contributed by atoms with Crippen LogP contribution in [0.1, 0.15) is 37.2 Å². The highest BCUT2D eigenvalue weighted by Crippen LogP contribution is 2.31. The number of rotatable bonds is 4. The van der Waals surface area contributed by atoms with Crippen LogP contribution in [0.3, 0.4) is 0 Å². The second-order valence-electron chi connectivity index (χ2n) is 7.14. The maximum Gasteiger partial charge on any atom is 0.167 e. The Morgan fingerprint density at radius 1 is 1.17 bits per heavy atom. The van der Waals surface area contributed by atoms with Crippen molar-refractivity contribution in [3.8, 4) is 0 Å². The molecule has 24 heavy (non-hydrogen) atoms. The topological polar surface area (TPSA) is 50.1 Å². The van der Waals surface area contributed by atoms with E-state index in [9.17, 15) is 0 Å². The number of aromatic nitrogens is 4. The van der Waals surface area contributed by atoms with Crippen LogP contribution < -0.4 is 4.90 Å². The third kappa shape index (κ3) is 2.90. The van der Waals surface area contributed by atoms with Gasteiger partial charge >= 0.3 is 0 Å². The Labute approximate surface area is 143 Å². The smallest absolute Gasteiger partial charge is 0.167 e. The largest absolute Gasteiger partial charge is 0.371 e. The van der Waals surface area contributed by atoms with Gasteiger partial charge in [-0.25, -0.2) is 4.68 Å². The zero-order chi connectivity index (χ0) is 16.5. The van der Waals surface area contributed by atoms with E-state index in [-0.39, 0.29) is 0 Å². The highest BCUT2D eigenvalue weighted by Gasteiger charge is 2.28. The Bertz CT molecular complexity index is 688. The number of tetrazole rings is 1. The molecule has 0 amide bonds. The number of benzene rings is 1. The standard InChI is InChI=1S/C18H26N6/c1-14(18-19-20-21-22(18)2)23-10-7-15(8-11-23)13-24-12-9-16-5-3-4-6-17(16)24/h3-6,14-15H,7-13H2,1-2H3. The fraction of sp³-hybridized carbons (Fsp3) is 0.611. The maximum atomic E-state index is 4.17. The van der Waals surface area contributed by atoms with Gasteiger partial charge in [0.05, 0.1) is 6.04 Å². The summed E-state index contributed by atoms with van der Waals surface area (Å²) in [6, 6.07) is 9.16. The zero-order valence-electron chi connectivity index (χ0n) is 14.6. The predicted molar refractivity (Wildman–Crippen MR) is 93.9 cm³/mol. The molecule has 1 aromatic heterocycles. The molecule has 2 aliphatic heterocycles. The van der Waals surface area contributed by atoms with E-state index in [4.69, 9.17) is 0 Å². The van der Waals surface area contributed by atoms with Crippen LogP contribution in [0.5, 0.6) is 0 Å². The minimum Gasteiger partial charge on any atom is -0.371 e. The van der Waals surface area contributed by atoms with Crippen LogP contribution in [-0.4, -0.2) is 51.3 Å². The van der Waals surface area contributed by atoms with E-state index in [1.807, 2.05) is 7.05 Å². The van der Waals surface area contributed by atoms with Crippen LogP contribution in [0, 0.1) is 5.92 Å². The van der Waals surface area contributed by atoms with Gasteiger partial charge in [0, 0.05) is 25.8 Å². The lowest BCUT2D eigenvalue weighted by molar-refractivity contribution is 0.136. The van der Waals surface area contributed by atoms with Crippen molar-refractivity contribution >= 4 is 5.69 Å². The molecular weight excluding hydrogens is 300 g/mol. The number of fused-ring (bicyclic) bond motifs is 1. The van der Waals surface area contributed by atoms with Crippen LogP contribution >= 0.6 is 0 Å². The number of anilines is 1. The third-order valence-electron chi connectivity index (χ3n) is 5.69. The van der Waals surface area contributed by atoms with Gasteiger partial charge in [0.15, 0.2) is 5.82 Å². The minimum absolute atomic E-state index is 0.290. The van der Waals surface area contributed by atoms with Gasteiger partial charge in [-0.2, -0.15) is 0 Å². The molecule has 1 unspecified atom stereocenters. The van der Waals surface area contributed by atoms with E-state index in [1.165, 1.54) is 43.6 Å². The number of hydrogen-bond acceptors (Lipinski definition) is 5. The minimum atomic E-state index is 0.290. The van der Waals surface area contributed by atoms with Crippen LogP contribution in [0.15, 0.2) is 24.3 Å². The molecule has 1 aromatic carbocycles. The Morgan fingerprint density at radius 3 is 2.71 bits per heavy atom. The summed E-state index contributed by atoms with van der Waals surface area (Å²) in [5.74, 6) is 1.75. The molecule has 1 atom stereocenters. The van der Waals surface area contributed by atoms with Gasteiger partial charge in [-0.1, -0.05) is 18.2 Å². The lowest BCUT2D eigenvalue weighted by atomic mass is 9.95. The highest BCUT2D eigenvalue weighted by atomic mass is 15.5. The molecule has 1 saturated heterocycles. The van der Waals surface area contributed by atoms with Crippen molar-refractivity contribution in [1.82, 2.24) is 25.1 Å².